The standard InChI is InChI=1S/C17H24BNO5.C12H16BNO3.CH4.ClH/c1-10-6-7-12-15-14(10)13(8-19-16(20)22-17(3,4)5)24-18(15)23-11(2)9-21-12;1-7-3-4-9-12-11(7)10(5-14)17-13(12)16-8(2)6-15-9;;/h6-7,11,13H,8-9H2,1-5H3,(H,19,20);3-4,8,10H,5-6,14H2,1-2H3;1H4;1H. The van der Waals surface area contributed by atoms with E-state index in [1.165, 1.54) is 5.56 Å². The van der Waals surface area contributed by atoms with Crippen LogP contribution in [0.25, 0.3) is 0 Å². The maximum absolute atomic E-state index is 11.9. The second-order valence-corrected chi connectivity index (χ2v) is 12.0. The molecular weight excluding hydrogens is 573 g/mol. The average Bonchev–Trinajstić information content (AvgIpc) is 3.35. The Kier molecular flexibility index (Phi) is 11.5. The van der Waals surface area contributed by atoms with Gasteiger partial charge in [-0.05, 0) is 82.9 Å². The molecule has 4 heterocycles. The van der Waals surface area contributed by atoms with Crippen LogP contribution in [0, 0.1) is 13.8 Å². The third kappa shape index (κ3) is 7.61. The van der Waals surface area contributed by atoms with Crippen LogP contribution in [0.4, 0.5) is 4.79 Å². The van der Waals surface area contributed by atoms with Crippen molar-refractivity contribution in [1.29, 1.82) is 0 Å². The van der Waals surface area contributed by atoms with Crippen LogP contribution in [0.2, 0.25) is 0 Å². The second kappa shape index (κ2) is 14.1. The second-order valence-electron chi connectivity index (χ2n) is 12.0. The van der Waals surface area contributed by atoms with E-state index in [1.54, 1.807) is 0 Å². The molecule has 0 aromatic heterocycles. The van der Waals surface area contributed by atoms with Crippen LogP contribution in [0.15, 0.2) is 24.3 Å². The molecule has 4 atom stereocenters. The zero-order valence-electron chi connectivity index (χ0n) is 25.4. The molecule has 0 radical (unpaired) electrons. The van der Waals surface area contributed by atoms with E-state index in [4.69, 9.17) is 38.6 Å². The monoisotopic (exact) mass is 618 g/mol. The average molecular weight is 619 g/mol. The molecule has 1 amide bonds. The SMILES string of the molecule is C.Cc1ccc2c3c1C(CN)OB3OC(C)CO2.Cc1ccc2c3c1C(CNC(=O)OC(C)(C)C)OB3OC(C)CO2.Cl. The Hall–Kier alpha value is -2.47. The van der Waals surface area contributed by atoms with Gasteiger partial charge in [0.25, 0.3) is 0 Å². The lowest BCUT2D eigenvalue weighted by molar-refractivity contribution is 0.0485. The van der Waals surface area contributed by atoms with Crippen molar-refractivity contribution in [1.82, 2.24) is 5.32 Å². The van der Waals surface area contributed by atoms with Gasteiger partial charge in [0.1, 0.15) is 30.3 Å². The van der Waals surface area contributed by atoms with Gasteiger partial charge in [0, 0.05) is 24.0 Å². The summed E-state index contributed by atoms with van der Waals surface area (Å²) < 4.78 is 40.5. The molecule has 0 saturated heterocycles. The topological polar surface area (TPSA) is 120 Å². The molecule has 2 aromatic carbocycles. The van der Waals surface area contributed by atoms with Gasteiger partial charge in [-0.2, -0.15) is 0 Å². The number of carbonyl (C=O) groups excluding carboxylic acids is 1. The summed E-state index contributed by atoms with van der Waals surface area (Å²) >= 11 is 0. The summed E-state index contributed by atoms with van der Waals surface area (Å²) in [5, 5.41) is 2.78. The first-order valence-corrected chi connectivity index (χ1v) is 14.3. The van der Waals surface area contributed by atoms with Gasteiger partial charge >= 0.3 is 20.3 Å². The van der Waals surface area contributed by atoms with Crippen LogP contribution in [-0.2, 0) is 23.4 Å². The minimum atomic E-state index is -0.530. The van der Waals surface area contributed by atoms with Crippen molar-refractivity contribution in [3.63, 3.8) is 0 Å². The van der Waals surface area contributed by atoms with Crippen LogP contribution >= 0.6 is 12.4 Å². The number of ether oxygens (including phenoxy) is 3. The molecule has 43 heavy (non-hydrogen) atoms. The van der Waals surface area contributed by atoms with Gasteiger partial charge in [-0.3, -0.25) is 0 Å². The molecule has 236 valence electrons. The van der Waals surface area contributed by atoms with E-state index >= 15 is 0 Å². The Morgan fingerprint density at radius 3 is 1.81 bits per heavy atom. The van der Waals surface area contributed by atoms with Crippen molar-refractivity contribution >= 4 is 43.7 Å². The van der Waals surface area contributed by atoms with Crippen LogP contribution < -0.4 is 31.4 Å². The van der Waals surface area contributed by atoms with E-state index < -0.39 is 18.8 Å². The van der Waals surface area contributed by atoms with Gasteiger partial charge in [0.05, 0.1) is 24.4 Å². The lowest BCUT2D eigenvalue weighted by Gasteiger charge is -2.22. The van der Waals surface area contributed by atoms with Crippen molar-refractivity contribution in [2.24, 2.45) is 5.73 Å². The van der Waals surface area contributed by atoms with Crippen LogP contribution in [0.5, 0.6) is 11.5 Å². The van der Waals surface area contributed by atoms with Crippen molar-refractivity contribution < 1.29 is 37.6 Å². The van der Waals surface area contributed by atoms with Crippen molar-refractivity contribution in [2.75, 3.05) is 26.3 Å². The number of hydrogen-bond donors (Lipinski definition) is 2. The van der Waals surface area contributed by atoms with Crippen molar-refractivity contribution in [3.8, 4) is 11.5 Å². The number of hydrogen-bond acceptors (Lipinski definition) is 9. The summed E-state index contributed by atoms with van der Waals surface area (Å²) in [6, 6.07) is 8.01. The molecule has 4 aliphatic rings. The zero-order valence-corrected chi connectivity index (χ0v) is 26.2. The van der Waals surface area contributed by atoms with Crippen molar-refractivity contribution in [3.05, 3.63) is 46.5 Å². The maximum Gasteiger partial charge on any atom is 0.498 e. The number of nitrogens with two attached hydrogens (primary N) is 1. The first-order valence-electron chi connectivity index (χ1n) is 14.3. The Labute approximate surface area is 262 Å². The summed E-state index contributed by atoms with van der Waals surface area (Å²) in [6.45, 7) is 15.4. The highest BCUT2D eigenvalue weighted by atomic mass is 35.5. The van der Waals surface area contributed by atoms with E-state index in [2.05, 4.69) is 18.3 Å². The van der Waals surface area contributed by atoms with E-state index in [0.29, 0.717) is 26.3 Å². The smallest absolute Gasteiger partial charge is 0.491 e. The minimum absolute atomic E-state index is 0. The number of aryl methyl sites for hydroxylation is 2. The summed E-state index contributed by atoms with van der Waals surface area (Å²) in [5.74, 6) is 1.67. The molecule has 0 saturated carbocycles. The molecule has 13 heteroatoms. The number of halogens is 1. The molecule has 4 unspecified atom stereocenters. The van der Waals surface area contributed by atoms with E-state index in [9.17, 15) is 4.79 Å². The first-order chi connectivity index (χ1) is 19.4. The van der Waals surface area contributed by atoms with E-state index in [-0.39, 0.29) is 51.4 Å². The quantitative estimate of drug-likeness (QED) is 0.497. The van der Waals surface area contributed by atoms with Crippen LogP contribution in [-0.4, -0.2) is 64.4 Å². The molecule has 6 rings (SSSR count). The Balaban J connectivity index is 0.000000236. The largest absolute Gasteiger partial charge is 0.498 e. The number of amides is 1. The van der Waals surface area contributed by atoms with Crippen LogP contribution in [0.3, 0.4) is 0 Å². The Morgan fingerprint density at radius 1 is 0.884 bits per heavy atom. The molecule has 4 aliphatic heterocycles. The van der Waals surface area contributed by atoms with Crippen molar-refractivity contribution in [2.45, 2.75) is 85.9 Å². The fraction of sp³-hybridized carbons (Fsp3) is 0.567. The van der Waals surface area contributed by atoms with Gasteiger partial charge in [-0.25, -0.2) is 4.79 Å². The number of nitrogens with one attached hydrogen (secondary N) is 1. The minimum Gasteiger partial charge on any atom is -0.491 e. The normalized spacial score (nSPS) is 23.0. The molecule has 0 spiro atoms. The van der Waals surface area contributed by atoms with Gasteiger partial charge in [-0.1, -0.05) is 19.6 Å². The van der Waals surface area contributed by atoms with Crippen LogP contribution in [0.1, 0.15) is 76.5 Å². The predicted octanol–water partition coefficient (Wildman–Crippen LogP) is 3.66. The summed E-state index contributed by atoms with van der Waals surface area (Å²) in [7, 11) is -0.788. The molecule has 0 bridgehead atoms. The van der Waals surface area contributed by atoms with Gasteiger partial charge < -0.3 is 43.9 Å². The molecule has 0 aliphatic carbocycles. The molecule has 3 N–H and O–H groups in total. The van der Waals surface area contributed by atoms with Gasteiger partial charge in [0.15, 0.2) is 0 Å². The summed E-state index contributed by atoms with van der Waals surface area (Å²) in [6.07, 6.45) is -0.858. The summed E-state index contributed by atoms with van der Waals surface area (Å²) in [4.78, 5) is 11.9. The summed E-state index contributed by atoms with van der Waals surface area (Å²) in [5.41, 5.74) is 11.6. The lowest BCUT2D eigenvalue weighted by Crippen LogP contribution is -2.36. The fourth-order valence-electron chi connectivity index (χ4n) is 5.54. The molecule has 10 nitrogen and oxygen atoms in total. The first kappa shape index (κ1) is 35.0. The highest BCUT2D eigenvalue weighted by molar-refractivity contribution is 6.64. The van der Waals surface area contributed by atoms with Gasteiger partial charge in [0.2, 0.25) is 0 Å². The van der Waals surface area contributed by atoms with E-state index in [1.807, 2.05) is 59.7 Å². The predicted molar refractivity (Wildman–Crippen MR) is 170 cm³/mol. The third-order valence-corrected chi connectivity index (χ3v) is 7.33. The van der Waals surface area contributed by atoms with E-state index in [0.717, 1.165) is 39.1 Å². The van der Waals surface area contributed by atoms with Gasteiger partial charge in [-0.15, -0.1) is 12.4 Å². The lowest BCUT2D eigenvalue weighted by atomic mass is 9.76. The highest BCUT2D eigenvalue weighted by Crippen LogP contribution is 2.34. The maximum atomic E-state index is 11.9. The molecule has 2 aromatic rings. The number of alkyl carbamates (subject to hydrolysis) is 1. The number of rotatable bonds is 3. The number of benzene rings is 2. The number of carbonyl (C=O) groups is 1. The Bertz CT molecular complexity index is 1290. The highest BCUT2D eigenvalue weighted by Gasteiger charge is 2.44. The Morgan fingerprint density at radius 2 is 1.35 bits per heavy atom. The molecule has 0 fully saturated rings. The fourth-order valence-corrected chi connectivity index (χ4v) is 5.54. The molecular formula is C30H45B2ClN2O8. The third-order valence-electron chi connectivity index (χ3n) is 7.33. The zero-order chi connectivity index (χ0) is 29.5.